The monoisotopic (exact) mass is 382 g/mol. The van der Waals surface area contributed by atoms with E-state index in [4.69, 9.17) is 10.5 Å². The normalized spacial score (nSPS) is 24.2. The standard InChI is InChI=1S/C12H16BrFN2O4S/c1-7-4-16(5-8(6-17)20-7)21(18,19)12-3-11(15)10(14)2-9(12)13/h2-3,7-8,17H,4-6,15H2,1H3. The number of rotatable bonds is 3. The van der Waals surface area contributed by atoms with Crippen molar-refractivity contribution in [1.82, 2.24) is 4.31 Å². The van der Waals surface area contributed by atoms with Gasteiger partial charge in [0, 0.05) is 17.6 Å². The maximum atomic E-state index is 13.4. The van der Waals surface area contributed by atoms with Crippen LogP contribution in [0.15, 0.2) is 21.5 Å². The van der Waals surface area contributed by atoms with E-state index in [1.54, 1.807) is 6.92 Å². The predicted octanol–water partition coefficient (Wildman–Crippen LogP) is 0.941. The third-order valence-electron chi connectivity index (χ3n) is 3.17. The van der Waals surface area contributed by atoms with Gasteiger partial charge in [-0.2, -0.15) is 4.31 Å². The van der Waals surface area contributed by atoms with Gasteiger partial charge in [0.15, 0.2) is 0 Å². The van der Waals surface area contributed by atoms with Gasteiger partial charge in [-0.15, -0.1) is 0 Å². The number of sulfonamides is 1. The van der Waals surface area contributed by atoms with Crippen LogP contribution in [-0.2, 0) is 14.8 Å². The second kappa shape index (κ2) is 6.17. The molecule has 118 valence electrons. The van der Waals surface area contributed by atoms with Crippen LogP contribution in [0.2, 0.25) is 0 Å². The zero-order valence-electron chi connectivity index (χ0n) is 11.3. The Hall–Kier alpha value is -0.740. The topological polar surface area (TPSA) is 92.9 Å². The van der Waals surface area contributed by atoms with Gasteiger partial charge in [0.1, 0.15) is 5.82 Å². The van der Waals surface area contributed by atoms with Gasteiger partial charge in [0.05, 0.1) is 29.4 Å². The van der Waals surface area contributed by atoms with Crippen LogP contribution < -0.4 is 5.73 Å². The molecule has 1 aliphatic heterocycles. The van der Waals surface area contributed by atoms with Crippen LogP contribution in [0.5, 0.6) is 0 Å². The molecule has 2 rings (SSSR count). The molecule has 0 spiro atoms. The van der Waals surface area contributed by atoms with Crippen molar-refractivity contribution in [3.05, 3.63) is 22.4 Å². The lowest BCUT2D eigenvalue weighted by atomic mass is 10.2. The highest BCUT2D eigenvalue weighted by Gasteiger charge is 2.35. The Labute approximate surface area is 130 Å². The largest absolute Gasteiger partial charge is 0.396 e. The Bertz CT molecular complexity index is 640. The molecule has 2 atom stereocenters. The van der Waals surface area contributed by atoms with E-state index in [1.165, 1.54) is 4.31 Å². The van der Waals surface area contributed by atoms with Gasteiger partial charge >= 0.3 is 0 Å². The van der Waals surface area contributed by atoms with E-state index in [9.17, 15) is 17.9 Å². The Morgan fingerprint density at radius 3 is 2.81 bits per heavy atom. The summed E-state index contributed by atoms with van der Waals surface area (Å²) in [5.41, 5.74) is 5.21. The molecule has 1 aliphatic rings. The lowest BCUT2D eigenvalue weighted by Crippen LogP contribution is -2.50. The third kappa shape index (κ3) is 3.37. The second-order valence-corrected chi connectivity index (χ2v) is 7.64. The summed E-state index contributed by atoms with van der Waals surface area (Å²) in [6.45, 7) is 1.64. The van der Waals surface area contributed by atoms with Gasteiger partial charge < -0.3 is 15.6 Å². The lowest BCUT2D eigenvalue weighted by molar-refractivity contribution is -0.0750. The van der Waals surface area contributed by atoms with Crippen molar-refractivity contribution in [3.8, 4) is 0 Å². The number of anilines is 1. The van der Waals surface area contributed by atoms with Crippen LogP contribution in [-0.4, -0.2) is 49.7 Å². The zero-order chi connectivity index (χ0) is 15.8. The summed E-state index contributed by atoms with van der Waals surface area (Å²) >= 11 is 3.05. The van der Waals surface area contributed by atoms with E-state index in [-0.39, 0.29) is 40.9 Å². The van der Waals surface area contributed by atoms with E-state index in [1.807, 2.05) is 0 Å². The minimum absolute atomic E-state index is 0.0346. The number of ether oxygens (including phenoxy) is 1. The molecule has 1 aromatic carbocycles. The number of hydrogen-bond donors (Lipinski definition) is 2. The quantitative estimate of drug-likeness (QED) is 0.758. The van der Waals surface area contributed by atoms with Crippen LogP contribution in [0.3, 0.4) is 0 Å². The van der Waals surface area contributed by atoms with Crippen molar-refractivity contribution in [3.63, 3.8) is 0 Å². The Balaban J connectivity index is 2.40. The zero-order valence-corrected chi connectivity index (χ0v) is 13.7. The third-order valence-corrected chi connectivity index (χ3v) is 5.96. The van der Waals surface area contributed by atoms with E-state index < -0.39 is 21.9 Å². The number of nitrogens with two attached hydrogens (primary N) is 1. The molecule has 0 amide bonds. The SMILES string of the molecule is CC1CN(S(=O)(=O)c2cc(N)c(F)cc2Br)CC(CO)O1. The lowest BCUT2D eigenvalue weighted by Gasteiger charge is -2.35. The number of aliphatic hydroxyl groups excluding tert-OH is 1. The maximum absolute atomic E-state index is 13.4. The molecule has 0 bridgehead atoms. The smallest absolute Gasteiger partial charge is 0.244 e. The molecule has 1 saturated heterocycles. The molecular weight excluding hydrogens is 367 g/mol. The van der Waals surface area contributed by atoms with Crippen molar-refractivity contribution in [2.45, 2.75) is 24.0 Å². The van der Waals surface area contributed by atoms with Crippen molar-refractivity contribution in [1.29, 1.82) is 0 Å². The van der Waals surface area contributed by atoms with Crippen molar-refractivity contribution in [2.75, 3.05) is 25.4 Å². The fraction of sp³-hybridized carbons (Fsp3) is 0.500. The first kappa shape index (κ1) is 16.6. The molecule has 0 saturated carbocycles. The summed E-state index contributed by atoms with van der Waals surface area (Å²) in [6, 6.07) is 2.11. The number of benzene rings is 1. The number of aliphatic hydroxyl groups is 1. The first-order valence-corrected chi connectivity index (χ1v) is 8.50. The van der Waals surface area contributed by atoms with E-state index in [2.05, 4.69) is 15.9 Å². The highest BCUT2D eigenvalue weighted by molar-refractivity contribution is 9.10. The predicted molar refractivity (Wildman–Crippen MR) is 78.7 cm³/mol. The van der Waals surface area contributed by atoms with Gasteiger partial charge in [0.2, 0.25) is 10.0 Å². The summed E-state index contributed by atoms with van der Waals surface area (Å²) < 4.78 is 45.4. The molecule has 2 unspecified atom stereocenters. The molecule has 0 radical (unpaired) electrons. The number of morpholine rings is 1. The molecular formula is C12H16BrFN2O4S. The minimum Gasteiger partial charge on any atom is -0.396 e. The van der Waals surface area contributed by atoms with Crippen LogP contribution in [0.4, 0.5) is 10.1 Å². The maximum Gasteiger partial charge on any atom is 0.244 e. The molecule has 3 N–H and O–H groups in total. The van der Waals surface area contributed by atoms with Crippen molar-refractivity contribution < 1.29 is 22.7 Å². The highest BCUT2D eigenvalue weighted by Crippen LogP contribution is 2.30. The fourth-order valence-electron chi connectivity index (χ4n) is 2.18. The average molecular weight is 383 g/mol. The second-order valence-electron chi connectivity index (χ2n) is 4.88. The Morgan fingerprint density at radius 2 is 2.19 bits per heavy atom. The Morgan fingerprint density at radius 1 is 1.52 bits per heavy atom. The Kier molecular flexibility index (Phi) is 4.89. The summed E-state index contributed by atoms with van der Waals surface area (Å²) in [7, 11) is -3.86. The van der Waals surface area contributed by atoms with Crippen LogP contribution in [0.1, 0.15) is 6.92 Å². The molecule has 0 aromatic heterocycles. The summed E-state index contributed by atoms with van der Waals surface area (Å²) in [5, 5.41) is 9.17. The number of nitrogens with zero attached hydrogens (tertiary/aromatic N) is 1. The highest BCUT2D eigenvalue weighted by atomic mass is 79.9. The van der Waals surface area contributed by atoms with Gasteiger partial charge in [-0.05, 0) is 35.0 Å². The number of hydrogen-bond acceptors (Lipinski definition) is 5. The summed E-state index contributed by atoms with van der Waals surface area (Å²) in [5.74, 6) is -0.690. The van der Waals surface area contributed by atoms with E-state index in [0.29, 0.717) is 0 Å². The van der Waals surface area contributed by atoms with E-state index in [0.717, 1.165) is 12.1 Å². The summed E-state index contributed by atoms with van der Waals surface area (Å²) in [4.78, 5) is -0.104. The first-order chi connectivity index (χ1) is 9.75. The first-order valence-electron chi connectivity index (χ1n) is 6.26. The minimum atomic E-state index is -3.86. The van der Waals surface area contributed by atoms with Crippen LogP contribution in [0, 0.1) is 5.82 Å². The fourth-order valence-corrected chi connectivity index (χ4v) is 4.74. The molecule has 1 heterocycles. The van der Waals surface area contributed by atoms with Crippen molar-refractivity contribution >= 4 is 31.6 Å². The number of halogens is 2. The molecule has 6 nitrogen and oxygen atoms in total. The van der Waals surface area contributed by atoms with Crippen LogP contribution >= 0.6 is 15.9 Å². The molecule has 21 heavy (non-hydrogen) atoms. The van der Waals surface area contributed by atoms with Gasteiger partial charge in [-0.3, -0.25) is 0 Å². The van der Waals surface area contributed by atoms with Gasteiger partial charge in [0.25, 0.3) is 0 Å². The van der Waals surface area contributed by atoms with E-state index >= 15 is 0 Å². The number of nitrogen functional groups attached to an aromatic ring is 1. The van der Waals surface area contributed by atoms with Gasteiger partial charge in [-0.25, -0.2) is 12.8 Å². The van der Waals surface area contributed by atoms with Crippen molar-refractivity contribution in [2.24, 2.45) is 0 Å². The van der Waals surface area contributed by atoms with Gasteiger partial charge in [-0.1, -0.05) is 0 Å². The summed E-state index contributed by atoms with van der Waals surface area (Å²) in [6.07, 6.45) is -0.928. The average Bonchev–Trinajstić information content (AvgIpc) is 2.41. The van der Waals surface area contributed by atoms with Crippen LogP contribution in [0.25, 0.3) is 0 Å². The molecule has 1 aromatic rings. The molecule has 9 heteroatoms. The molecule has 1 fully saturated rings. The molecule has 0 aliphatic carbocycles.